The highest BCUT2D eigenvalue weighted by atomic mass is 32.2. The maximum Gasteiger partial charge on any atom is 0.152 e. The molecule has 0 aromatic heterocycles. The second-order valence-corrected chi connectivity index (χ2v) is 6.92. The lowest BCUT2D eigenvalue weighted by atomic mass is 10.1. The van der Waals surface area contributed by atoms with Gasteiger partial charge in [-0.15, -0.1) is 0 Å². The summed E-state index contributed by atoms with van der Waals surface area (Å²) in [4.78, 5) is 1.98. The molecule has 0 heterocycles. The van der Waals surface area contributed by atoms with Gasteiger partial charge in [-0.05, 0) is 40.9 Å². The van der Waals surface area contributed by atoms with Crippen LogP contribution in [0.3, 0.4) is 0 Å². The van der Waals surface area contributed by atoms with Crippen molar-refractivity contribution in [2.75, 3.05) is 32.1 Å². The summed E-state index contributed by atoms with van der Waals surface area (Å²) in [7, 11) is 0.873. The lowest BCUT2D eigenvalue weighted by Gasteiger charge is -2.18. The first-order valence-corrected chi connectivity index (χ1v) is 6.58. The van der Waals surface area contributed by atoms with Crippen LogP contribution in [0.1, 0.15) is 20.3 Å². The van der Waals surface area contributed by atoms with Crippen molar-refractivity contribution in [2.24, 2.45) is 5.73 Å². The predicted molar refractivity (Wildman–Crippen MR) is 60.1 cm³/mol. The Morgan fingerprint density at radius 1 is 1.29 bits per heavy atom. The van der Waals surface area contributed by atoms with Gasteiger partial charge < -0.3 is 10.6 Å². The summed E-state index contributed by atoms with van der Waals surface area (Å²) in [5, 5.41) is 0. The van der Waals surface area contributed by atoms with E-state index in [1.165, 1.54) is 0 Å². The molecule has 0 aromatic rings. The quantitative estimate of drug-likeness (QED) is 0.692. The molecule has 0 bridgehead atoms. The number of rotatable bonds is 6. The first-order valence-electron chi connectivity index (χ1n) is 4.76. The van der Waals surface area contributed by atoms with Crippen LogP contribution < -0.4 is 5.73 Å². The molecule has 0 saturated carbocycles. The SMILES string of the molecule is CN(C)CCCS(=O)(=O)CC(C)(C)N. The minimum atomic E-state index is -2.99. The largest absolute Gasteiger partial charge is 0.325 e. The second kappa shape index (κ2) is 5.09. The van der Waals surface area contributed by atoms with Crippen molar-refractivity contribution in [3.63, 3.8) is 0 Å². The summed E-state index contributed by atoms with van der Waals surface area (Å²) in [5.41, 5.74) is 5.04. The molecule has 4 nitrogen and oxygen atoms in total. The summed E-state index contributed by atoms with van der Waals surface area (Å²) < 4.78 is 23.1. The third-order valence-electron chi connectivity index (χ3n) is 1.65. The molecule has 0 aromatic carbocycles. The highest BCUT2D eigenvalue weighted by Crippen LogP contribution is 2.05. The van der Waals surface area contributed by atoms with Gasteiger partial charge in [-0.3, -0.25) is 0 Å². The van der Waals surface area contributed by atoms with Crippen LogP contribution in [0.25, 0.3) is 0 Å². The molecule has 0 rings (SSSR count). The molecular formula is C9H22N2O2S. The van der Waals surface area contributed by atoms with E-state index < -0.39 is 15.4 Å². The van der Waals surface area contributed by atoms with E-state index in [9.17, 15) is 8.42 Å². The Bertz CT molecular complexity index is 252. The Labute approximate surface area is 87.4 Å². The topological polar surface area (TPSA) is 63.4 Å². The van der Waals surface area contributed by atoms with Crippen molar-refractivity contribution < 1.29 is 8.42 Å². The van der Waals surface area contributed by atoms with E-state index in [-0.39, 0.29) is 11.5 Å². The van der Waals surface area contributed by atoms with E-state index in [1.807, 2.05) is 19.0 Å². The number of nitrogens with zero attached hydrogens (tertiary/aromatic N) is 1. The molecule has 14 heavy (non-hydrogen) atoms. The normalized spacial score (nSPS) is 13.6. The third-order valence-corrected chi connectivity index (χ3v) is 3.75. The van der Waals surface area contributed by atoms with Crippen LogP contribution in [0.2, 0.25) is 0 Å². The predicted octanol–water partition coefficient (Wildman–Crippen LogP) is 0.0902. The van der Waals surface area contributed by atoms with Crippen molar-refractivity contribution in [2.45, 2.75) is 25.8 Å². The van der Waals surface area contributed by atoms with Crippen LogP contribution in [-0.4, -0.2) is 51.0 Å². The standard InChI is InChI=1S/C9H22N2O2S/c1-9(2,10)8-14(12,13)7-5-6-11(3)4/h5-8,10H2,1-4H3. The smallest absolute Gasteiger partial charge is 0.152 e. The van der Waals surface area contributed by atoms with Gasteiger partial charge in [0.2, 0.25) is 0 Å². The van der Waals surface area contributed by atoms with Crippen molar-refractivity contribution in [3.8, 4) is 0 Å². The van der Waals surface area contributed by atoms with Gasteiger partial charge in [0.1, 0.15) is 0 Å². The van der Waals surface area contributed by atoms with Crippen molar-refractivity contribution in [1.29, 1.82) is 0 Å². The van der Waals surface area contributed by atoms with Gasteiger partial charge in [0.15, 0.2) is 9.84 Å². The first-order chi connectivity index (χ1) is 6.12. The van der Waals surface area contributed by atoms with Crippen LogP contribution in [0.4, 0.5) is 0 Å². The van der Waals surface area contributed by atoms with Crippen molar-refractivity contribution in [1.82, 2.24) is 4.90 Å². The molecule has 0 atom stereocenters. The number of sulfone groups is 1. The Kier molecular flexibility index (Phi) is 5.05. The van der Waals surface area contributed by atoms with Crippen LogP contribution >= 0.6 is 0 Å². The fourth-order valence-corrected chi connectivity index (χ4v) is 3.09. The van der Waals surface area contributed by atoms with Crippen LogP contribution in [0.5, 0.6) is 0 Å². The number of hydrogen-bond acceptors (Lipinski definition) is 4. The summed E-state index contributed by atoms with van der Waals surface area (Å²) in [6.45, 7) is 4.26. The Morgan fingerprint density at radius 2 is 1.79 bits per heavy atom. The van der Waals surface area contributed by atoms with Crippen LogP contribution in [-0.2, 0) is 9.84 Å². The molecule has 0 unspecified atom stereocenters. The van der Waals surface area contributed by atoms with E-state index >= 15 is 0 Å². The zero-order valence-electron chi connectivity index (χ0n) is 9.58. The molecule has 0 radical (unpaired) electrons. The van der Waals surface area contributed by atoms with Gasteiger partial charge in [0, 0.05) is 5.54 Å². The molecule has 0 amide bonds. The summed E-state index contributed by atoms with van der Waals surface area (Å²) in [6, 6.07) is 0. The minimum absolute atomic E-state index is 0.0629. The molecule has 0 aliphatic rings. The maximum atomic E-state index is 11.5. The average Bonchev–Trinajstić information content (AvgIpc) is 1.78. The maximum absolute atomic E-state index is 11.5. The molecule has 86 valence electrons. The van der Waals surface area contributed by atoms with Crippen LogP contribution in [0.15, 0.2) is 0 Å². The van der Waals surface area contributed by atoms with Gasteiger partial charge in [0.25, 0.3) is 0 Å². The molecular weight excluding hydrogens is 200 g/mol. The molecule has 0 spiro atoms. The second-order valence-electron chi connectivity index (χ2n) is 4.74. The van der Waals surface area contributed by atoms with E-state index in [0.717, 1.165) is 6.54 Å². The lowest BCUT2D eigenvalue weighted by Crippen LogP contribution is -2.40. The lowest BCUT2D eigenvalue weighted by molar-refractivity contribution is 0.408. The van der Waals surface area contributed by atoms with Crippen LogP contribution in [0, 0.1) is 0 Å². The van der Waals surface area contributed by atoms with Gasteiger partial charge in [0.05, 0.1) is 11.5 Å². The summed E-state index contributed by atoms with van der Waals surface area (Å²) >= 11 is 0. The Balaban J connectivity index is 3.98. The summed E-state index contributed by atoms with van der Waals surface area (Å²) in [6.07, 6.45) is 0.672. The highest BCUT2D eigenvalue weighted by molar-refractivity contribution is 7.91. The molecule has 0 saturated heterocycles. The molecule has 0 fully saturated rings. The Morgan fingerprint density at radius 3 is 2.14 bits per heavy atom. The van der Waals surface area contributed by atoms with Gasteiger partial charge in [-0.25, -0.2) is 8.42 Å². The van der Waals surface area contributed by atoms with Gasteiger partial charge >= 0.3 is 0 Å². The monoisotopic (exact) mass is 222 g/mol. The van der Waals surface area contributed by atoms with E-state index in [2.05, 4.69) is 0 Å². The minimum Gasteiger partial charge on any atom is -0.325 e. The zero-order valence-corrected chi connectivity index (χ0v) is 10.4. The number of nitrogens with two attached hydrogens (primary N) is 1. The molecule has 2 N–H and O–H groups in total. The molecule has 0 aliphatic heterocycles. The van der Waals surface area contributed by atoms with E-state index in [4.69, 9.17) is 5.73 Å². The fraction of sp³-hybridized carbons (Fsp3) is 1.00. The number of hydrogen-bond donors (Lipinski definition) is 1. The third kappa shape index (κ3) is 8.47. The zero-order chi connectivity index (χ0) is 11.4. The Hall–Kier alpha value is -0.130. The van der Waals surface area contributed by atoms with Crippen molar-refractivity contribution >= 4 is 9.84 Å². The van der Waals surface area contributed by atoms with Crippen molar-refractivity contribution in [3.05, 3.63) is 0 Å². The molecule has 0 aliphatic carbocycles. The highest BCUT2D eigenvalue weighted by Gasteiger charge is 2.21. The summed E-state index contributed by atoms with van der Waals surface area (Å²) in [5.74, 6) is 0.291. The molecule has 5 heteroatoms. The van der Waals surface area contributed by atoms with Gasteiger partial charge in [-0.2, -0.15) is 0 Å². The average molecular weight is 222 g/mol. The van der Waals surface area contributed by atoms with E-state index in [1.54, 1.807) is 13.8 Å². The van der Waals surface area contributed by atoms with Gasteiger partial charge in [-0.1, -0.05) is 0 Å². The first kappa shape index (κ1) is 13.9. The van der Waals surface area contributed by atoms with E-state index in [0.29, 0.717) is 6.42 Å². The fourth-order valence-electron chi connectivity index (χ4n) is 1.24.